The first-order chi connectivity index (χ1) is 10.3. The standard InChI is InChI=1S/C17H19N3O/c1-14(12-16-7-4-11-21-16)18-13-15-6-2-3-8-17(15)20-10-5-9-19-20/h2-11,14,18H,12-13H2,1H3. The lowest BCUT2D eigenvalue weighted by Gasteiger charge is -2.15. The predicted octanol–water partition coefficient (Wildman–Crippen LogP) is 3.19. The SMILES string of the molecule is CC(Cc1ccco1)NCc1ccccc1-n1cccn1. The maximum absolute atomic E-state index is 5.38. The Kier molecular flexibility index (Phi) is 4.17. The van der Waals surface area contributed by atoms with Gasteiger partial charge in [0.1, 0.15) is 5.76 Å². The summed E-state index contributed by atoms with van der Waals surface area (Å²) in [6.45, 7) is 2.97. The lowest BCUT2D eigenvalue weighted by molar-refractivity contribution is 0.456. The van der Waals surface area contributed by atoms with Crippen molar-refractivity contribution in [3.63, 3.8) is 0 Å². The molecule has 3 aromatic rings. The summed E-state index contributed by atoms with van der Waals surface area (Å²) in [5.74, 6) is 1.01. The molecule has 0 aliphatic heterocycles. The molecule has 2 heterocycles. The van der Waals surface area contributed by atoms with Crippen molar-refractivity contribution in [1.29, 1.82) is 0 Å². The van der Waals surface area contributed by atoms with Crippen molar-refractivity contribution in [1.82, 2.24) is 15.1 Å². The highest BCUT2D eigenvalue weighted by Crippen LogP contribution is 2.13. The van der Waals surface area contributed by atoms with Gasteiger partial charge in [-0.05, 0) is 36.8 Å². The molecule has 0 fully saturated rings. The molecule has 3 rings (SSSR count). The summed E-state index contributed by atoms with van der Waals surface area (Å²) in [6.07, 6.45) is 6.36. The Morgan fingerprint density at radius 2 is 2.10 bits per heavy atom. The minimum atomic E-state index is 0.349. The van der Waals surface area contributed by atoms with Crippen LogP contribution in [0.5, 0.6) is 0 Å². The van der Waals surface area contributed by atoms with Crippen molar-refractivity contribution in [2.24, 2.45) is 0 Å². The van der Waals surface area contributed by atoms with Crippen LogP contribution in [0.4, 0.5) is 0 Å². The van der Waals surface area contributed by atoms with Crippen molar-refractivity contribution in [2.45, 2.75) is 25.9 Å². The number of aromatic nitrogens is 2. The maximum atomic E-state index is 5.38. The molecule has 0 radical (unpaired) electrons. The van der Waals surface area contributed by atoms with Gasteiger partial charge in [-0.1, -0.05) is 18.2 Å². The molecular weight excluding hydrogens is 262 g/mol. The lowest BCUT2D eigenvalue weighted by atomic mass is 10.1. The fourth-order valence-electron chi connectivity index (χ4n) is 2.38. The molecule has 21 heavy (non-hydrogen) atoms. The molecule has 0 aliphatic rings. The largest absolute Gasteiger partial charge is 0.469 e. The first-order valence-electron chi connectivity index (χ1n) is 7.16. The van der Waals surface area contributed by atoms with Crippen molar-refractivity contribution in [3.8, 4) is 5.69 Å². The average Bonchev–Trinajstić information content (AvgIpc) is 3.18. The fraction of sp³-hybridized carbons (Fsp3) is 0.235. The first-order valence-corrected chi connectivity index (χ1v) is 7.16. The lowest BCUT2D eigenvalue weighted by Crippen LogP contribution is -2.27. The number of hydrogen-bond donors (Lipinski definition) is 1. The van der Waals surface area contributed by atoms with Gasteiger partial charge in [0.05, 0.1) is 12.0 Å². The molecule has 0 amide bonds. The summed E-state index contributed by atoms with van der Waals surface area (Å²) < 4.78 is 7.28. The van der Waals surface area contributed by atoms with E-state index < -0.39 is 0 Å². The average molecular weight is 281 g/mol. The Hall–Kier alpha value is -2.33. The highest BCUT2D eigenvalue weighted by molar-refractivity contribution is 5.40. The summed E-state index contributed by atoms with van der Waals surface area (Å²) in [4.78, 5) is 0. The molecule has 0 spiro atoms. The summed E-state index contributed by atoms with van der Waals surface area (Å²) in [7, 11) is 0. The van der Waals surface area contributed by atoms with E-state index in [-0.39, 0.29) is 0 Å². The zero-order chi connectivity index (χ0) is 14.5. The molecule has 0 saturated carbocycles. The van der Waals surface area contributed by atoms with E-state index >= 15 is 0 Å². The molecular formula is C17H19N3O. The third-order valence-corrected chi connectivity index (χ3v) is 3.47. The van der Waals surface area contributed by atoms with E-state index in [0.717, 1.165) is 24.4 Å². The minimum Gasteiger partial charge on any atom is -0.469 e. The van der Waals surface area contributed by atoms with Gasteiger partial charge in [0.25, 0.3) is 0 Å². The number of nitrogens with zero attached hydrogens (tertiary/aromatic N) is 2. The van der Waals surface area contributed by atoms with E-state index in [0.29, 0.717) is 6.04 Å². The van der Waals surface area contributed by atoms with Gasteiger partial charge in [-0.2, -0.15) is 5.10 Å². The molecule has 0 aliphatic carbocycles. The second-order valence-corrected chi connectivity index (χ2v) is 5.14. The number of nitrogens with one attached hydrogen (secondary N) is 1. The quantitative estimate of drug-likeness (QED) is 0.754. The molecule has 4 nitrogen and oxygen atoms in total. The van der Waals surface area contributed by atoms with E-state index in [1.54, 1.807) is 12.5 Å². The highest BCUT2D eigenvalue weighted by Gasteiger charge is 2.08. The van der Waals surface area contributed by atoms with Crippen LogP contribution in [0.25, 0.3) is 5.69 Å². The second-order valence-electron chi connectivity index (χ2n) is 5.14. The van der Waals surface area contributed by atoms with Gasteiger partial charge in [0.2, 0.25) is 0 Å². The Labute approximate surface area is 124 Å². The van der Waals surface area contributed by atoms with Gasteiger partial charge in [0, 0.05) is 31.4 Å². The third kappa shape index (κ3) is 3.41. The van der Waals surface area contributed by atoms with E-state index in [9.17, 15) is 0 Å². The summed E-state index contributed by atoms with van der Waals surface area (Å²) in [5, 5.41) is 7.85. The van der Waals surface area contributed by atoms with Gasteiger partial charge in [-0.15, -0.1) is 0 Å². The third-order valence-electron chi connectivity index (χ3n) is 3.47. The number of furan rings is 1. The van der Waals surface area contributed by atoms with Gasteiger partial charge in [0.15, 0.2) is 0 Å². The number of para-hydroxylation sites is 1. The number of benzene rings is 1. The van der Waals surface area contributed by atoms with Crippen molar-refractivity contribution in [3.05, 3.63) is 72.4 Å². The van der Waals surface area contributed by atoms with Crippen LogP contribution < -0.4 is 5.32 Å². The molecule has 1 N–H and O–H groups in total. The molecule has 0 saturated heterocycles. The van der Waals surface area contributed by atoms with E-state index in [1.165, 1.54) is 5.56 Å². The fourth-order valence-corrected chi connectivity index (χ4v) is 2.38. The smallest absolute Gasteiger partial charge is 0.105 e. The molecule has 108 valence electrons. The minimum absolute atomic E-state index is 0.349. The van der Waals surface area contributed by atoms with Crippen LogP contribution >= 0.6 is 0 Å². The van der Waals surface area contributed by atoms with Crippen LogP contribution in [-0.4, -0.2) is 15.8 Å². The molecule has 2 aromatic heterocycles. The van der Waals surface area contributed by atoms with Crippen LogP contribution in [0.15, 0.2) is 65.5 Å². The Bertz CT molecular complexity index is 659. The van der Waals surface area contributed by atoms with E-state index in [2.05, 4.69) is 35.5 Å². The zero-order valence-electron chi connectivity index (χ0n) is 12.1. The van der Waals surface area contributed by atoms with E-state index in [4.69, 9.17) is 4.42 Å². The normalized spacial score (nSPS) is 12.4. The highest BCUT2D eigenvalue weighted by atomic mass is 16.3. The molecule has 4 heteroatoms. The molecule has 1 unspecified atom stereocenters. The topological polar surface area (TPSA) is 43.0 Å². The number of rotatable bonds is 6. The second kappa shape index (κ2) is 6.41. The summed E-state index contributed by atoms with van der Waals surface area (Å²) >= 11 is 0. The zero-order valence-corrected chi connectivity index (χ0v) is 12.1. The summed E-state index contributed by atoms with van der Waals surface area (Å²) in [6, 6.07) is 14.5. The van der Waals surface area contributed by atoms with Crippen LogP contribution in [-0.2, 0) is 13.0 Å². The first kappa shape index (κ1) is 13.6. The Morgan fingerprint density at radius 1 is 1.19 bits per heavy atom. The van der Waals surface area contributed by atoms with Crippen LogP contribution in [0, 0.1) is 0 Å². The van der Waals surface area contributed by atoms with Crippen LogP contribution in [0.3, 0.4) is 0 Å². The monoisotopic (exact) mass is 281 g/mol. The summed E-state index contributed by atoms with van der Waals surface area (Å²) in [5.41, 5.74) is 2.34. The van der Waals surface area contributed by atoms with E-state index in [1.807, 2.05) is 35.1 Å². The van der Waals surface area contributed by atoms with Gasteiger partial charge >= 0.3 is 0 Å². The van der Waals surface area contributed by atoms with Crippen molar-refractivity contribution in [2.75, 3.05) is 0 Å². The van der Waals surface area contributed by atoms with Crippen molar-refractivity contribution < 1.29 is 4.42 Å². The van der Waals surface area contributed by atoms with Gasteiger partial charge < -0.3 is 9.73 Å². The maximum Gasteiger partial charge on any atom is 0.105 e. The van der Waals surface area contributed by atoms with Crippen LogP contribution in [0.1, 0.15) is 18.2 Å². The van der Waals surface area contributed by atoms with Gasteiger partial charge in [-0.3, -0.25) is 0 Å². The molecule has 1 atom stereocenters. The predicted molar refractivity (Wildman–Crippen MR) is 82.3 cm³/mol. The van der Waals surface area contributed by atoms with Crippen molar-refractivity contribution >= 4 is 0 Å². The number of hydrogen-bond acceptors (Lipinski definition) is 3. The molecule has 1 aromatic carbocycles. The van der Waals surface area contributed by atoms with Crippen LogP contribution in [0.2, 0.25) is 0 Å². The van der Waals surface area contributed by atoms with Gasteiger partial charge in [-0.25, -0.2) is 4.68 Å². The Balaban J connectivity index is 1.65. The Morgan fingerprint density at radius 3 is 2.86 bits per heavy atom. The molecule has 0 bridgehead atoms.